The van der Waals surface area contributed by atoms with Crippen LogP contribution in [0.15, 0.2) is 65.8 Å². The highest BCUT2D eigenvalue weighted by molar-refractivity contribution is 5.96. The molecular weight excluding hydrogens is 404 g/mol. The highest BCUT2D eigenvalue weighted by Crippen LogP contribution is 2.28. The van der Waals surface area contributed by atoms with E-state index in [4.69, 9.17) is 16.5 Å². The van der Waals surface area contributed by atoms with Crippen molar-refractivity contribution >= 4 is 23.2 Å². The van der Waals surface area contributed by atoms with Crippen molar-refractivity contribution in [1.29, 1.82) is 0 Å². The zero-order chi connectivity index (χ0) is 23.1. The van der Waals surface area contributed by atoms with Gasteiger partial charge >= 0.3 is 0 Å². The molecule has 170 valence electrons. The van der Waals surface area contributed by atoms with Crippen LogP contribution in [0.5, 0.6) is 0 Å². The molecule has 1 atom stereocenters. The van der Waals surface area contributed by atoms with Crippen LogP contribution >= 0.6 is 0 Å². The van der Waals surface area contributed by atoms with Crippen LogP contribution in [0.25, 0.3) is 0 Å². The molecule has 1 heterocycles. The normalized spacial score (nSPS) is 15.8. The molecule has 1 fully saturated rings. The van der Waals surface area contributed by atoms with Crippen LogP contribution in [0.1, 0.15) is 31.0 Å². The number of allylic oxidation sites excluding steroid dienone is 1. The first-order valence-electron chi connectivity index (χ1n) is 10.8. The van der Waals surface area contributed by atoms with E-state index in [1.54, 1.807) is 13.0 Å². The SMILES string of the molecule is C=C(C)/N=C(\ON)c1ccc(N2CCN(C(C(=O)NCC)c3ccccc3)CC2)c(N)c1. The molecule has 1 aliphatic heterocycles. The Labute approximate surface area is 189 Å². The lowest BCUT2D eigenvalue weighted by molar-refractivity contribution is -0.126. The summed E-state index contributed by atoms with van der Waals surface area (Å²) in [4.78, 5) is 26.4. The molecule has 1 amide bonds. The van der Waals surface area contributed by atoms with Crippen LogP contribution in [0.2, 0.25) is 0 Å². The van der Waals surface area contributed by atoms with Gasteiger partial charge in [0.25, 0.3) is 0 Å². The lowest BCUT2D eigenvalue weighted by Crippen LogP contribution is -2.51. The van der Waals surface area contributed by atoms with Gasteiger partial charge in [-0.05, 0) is 37.6 Å². The van der Waals surface area contributed by atoms with Gasteiger partial charge in [0, 0.05) is 44.0 Å². The Kier molecular flexibility index (Phi) is 7.86. The highest BCUT2D eigenvalue weighted by atomic mass is 16.6. The molecule has 2 aromatic carbocycles. The van der Waals surface area contributed by atoms with E-state index in [1.807, 2.05) is 49.4 Å². The number of nitrogens with zero attached hydrogens (tertiary/aromatic N) is 3. The van der Waals surface area contributed by atoms with Crippen LogP contribution in [-0.4, -0.2) is 49.4 Å². The van der Waals surface area contributed by atoms with Crippen LogP contribution in [0.4, 0.5) is 11.4 Å². The zero-order valence-electron chi connectivity index (χ0n) is 18.8. The van der Waals surface area contributed by atoms with E-state index in [9.17, 15) is 4.79 Å². The van der Waals surface area contributed by atoms with Gasteiger partial charge in [0.05, 0.1) is 11.4 Å². The predicted molar refractivity (Wildman–Crippen MR) is 129 cm³/mol. The molecule has 0 aromatic heterocycles. The van der Waals surface area contributed by atoms with Crippen molar-refractivity contribution in [2.75, 3.05) is 43.4 Å². The Morgan fingerprint density at radius 2 is 1.88 bits per heavy atom. The quantitative estimate of drug-likeness (QED) is 0.266. The minimum absolute atomic E-state index is 0.0298. The maximum Gasteiger partial charge on any atom is 0.244 e. The fraction of sp³-hybridized carbons (Fsp3) is 0.333. The summed E-state index contributed by atoms with van der Waals surface area (Å²) < 4.78 is 0. The van der Waals surface area contributed by atoms with Crippen LogP contribution in [0, 0.1) is 0 Å². The molecule has 32 heavy (non-hydrogen) atoms. The number of piperazine rings is 1. The Hall–Kier alpha value is -3.36. The van der Waals surface area contributed by atoms with Crippen molar-refractivity contribution in [1.82, 2.24) is 10.2 Å². The van der Waals surface area contributed by atoms with E-state index in [1.165, 1.54) is 0 Å². The third-order valence-electron chi connectivity index (χ3n) is 5.41. The maximum absolute atomic E-state index is 12.8. The number of carbonyl (C=O) groups is 1. The molecule has 8 nitrogen and oxygen atoms in total. The molecule has 0 bridgehead atoms. The monoisotopic (exact) mass is 436 g/mol. The number of likely N-dealkylation sites (N-methyl/N-ethyl adjacent to an activating group) is 1. The van der Waals surface area contributed by atoms with Crippen LogP contribution in [-0.2, 0) is 9.63 Å². The smallest absolute Gasteiger partial charge is 0.244 e. The van der Waals surface area contributed by atoms with Gasteiger partial charge in [0.1, 0.15) is 6.04 Å². The van der Waals surface area contributed by atoms with Gasteiger partial charge in [0.2, 0.25) is 11.8 Å². The number of hydrogen-bond acceptors (Lipinski definition) is 7. The fourth-order valence-corrected chi connectivity index (χ4v) is 3.96. The molecule has 8 heteroatoms. The number of amides is 1. The lowest BCUT2D eigenvalue weighted by Gasteiger charge is -2.40. The maximum atomic E-state index is 12.8. The highest BCUT2D eigenvalue weighted by Gasteiger charge is 2.30. The molecule has 0 saturated carbocycles. The van der Waals surface area contributed by atoms with Gasteiger partial charge in [-0.3, -0.25) is 9.69 Å². The second kappa shape index (κ2) is 10.8. The van der Waals surface area contributed by atoms with Crippen molar-refractivity contribution in [2.45, 2.75) is 19.9 Å². The third kappa shape index (κ3) is 5.46. The first-order valence-corrected chi connectivity index (χ1v) is 10.8. The largest absolute Gasteiger partial charge is 0.397 e. The number of rotatable bonds is 7. The Bertz CT molecular complexity index is 968. The first-order chi connectivity index (χ1) is 15.4. The fourth-order valence-electron chi connectivity index (χ4n) is 3.96. The number of aliphatic imine (C=N–C) groups is 1. The molecule has 0 radical (unpaired) electrons. The number of benzene rings is 2. The summed E-state index contributed by atoms with van der Waals surface area (Å²) in [7, 11) is 0. The predicted octanol–water partition coefficient (Wildman–Crippen LogP) is 2.44. The summed E-state index contributed by atoms with van der Waals surface area (Å²) in [6.07, 6.45) is 0. The molecule has 1 saturated heterocycles. The average molecular weight is 437 g/mol. The van der Waals surface area contributed by atoms with E-state index in [0.717, 1.165) is 37.4 Å². The Morgan fingerprint density at radius 3 is 2.44 bits per heavy atom. The van der Waals surface area contributed by atoms with Crippen molar-refractivity contribution in [3.63, 3.8) is 0 Å². The summed E-state index contributed by atoms with van der Waals surface area (Å²) in [5.41, 5.74) is 10.2. The van der Waals surface area contributed by atoms with E-state index < -0.39 is 0 Å². The summed E-state index contributed by atoms with van der Waals surface area (Å²) in [5, 5.41) is 2.98. The van der Waals surface area contributed by atoms with Crippen molar-refractivity contribution in [3.8, 4) is 0 Å². The molecule has 3 rings (SSSR count). The van der Waals surface area contributed by atoms with Gasteiger partial charge in [-0.25, -0.2) is 4.99 Å². The second-order valence-electron chi connectivity index (χ2n) is 7.77. The van der Waals surface area contributed by atoms with E-state index in [-0.39, 0.29) is 17.8 Å². The first kappa shape index (κ1) is 23.3. The number of nitrogen functional groups attached to an aromatic ring is 1. The molecule has 1 aliphatic rings. The number of hydrogen-bond donors (Lipinski definition) is 3. The van der Waals surface area contributed by atoms with Gasteiger partial charge in [-0.15, -0.1) is 0 Å². The minimum atomic E-state index is -0.305. The number of nitrogens with one attached hydrogen (secondary N) is 1. The second-order valence-corrected chi connectivity index (χ2v) is 7.77. The molecule has 5 N–H and O–H groups in total. The van der Waals surface area contributed by atoms with Gasteiger partial charge in [0.15, 0.2) is 0 Å². The van der Waals surface area contributed by atoms with Gasteiger partial charge < -0.3 is 20.8 Å². The van der Waals surface area contributed by atoms with Crippen LogP contribution < -0.4 is 21.8 Å². The Morgan fingerprint density at radius 1 is 1.19 bits per heavy atom. The molecular formula is C24H32N6O2. The summed E-state index contributed by atoms with van der Waals surface area (Å²) in [6, 6.07) is 15.2. The topological polar surface area (TPSA) is 109 Å². The minimum Gasteiger partial charge on any atom is -0.397 e. The average Bonchev–Trinajstić information content (AvgIpc) is 2.79. The molecule has 2 aromatic rings. The van der Waals surface area contributed by atoms with Crippen molar-refractivity contribution in [3.05, 3.63) is 71.9 Å². The summed E-state index contributed by atoms with van der Waals surface area (Å²) in [6.45, 7) is 11.1. The van der Waals surface area contributed by atoms with E-state index in [2.05, 4.69) is 26.7 Å². The Balaban J connectivity index is 1.74. The van der Waals surface area contributed by atoms with E-state index in [0.29, 0.717) is 23.5 Å². The number of carbonyl (C=O) groups excluding carboxylic acids is 1. The lowest BCUT2D eigenvalue weighted by atomic mass is 10.0. The third-order valence-corrected chi connectivity index (χ3v) is 5.41. The molecule has 0 spiro atoms. The zero-order valence-corrected chi connectivity index (χ0v) is 18.8. The van der Waals surface area contributed by atoms with Crippen molar-refractivity contribution < 1.29 is 9.63 Å². The van der Waals surface area contributed by atoms with Crippen molar-refractivity contribution in [2.24, 2.45) is 10.9 Å². The number of nitrogens with two attached hydrogens (primary N) is 2. The molecule has 0 aliphatic carbocycles. The summed E-state index contributed by atoms with van der Waals surface area (Å²) >= 11 is 0. The van der Waals surface area contributed by atoms with Crippen LogP contribution in [0.3, 0.4) is 0 Å². The van der Waals surface area contributed by atoms with E-state index >= 15 is 0 Å². The van der Waals surface area contributed by atoms with Gasteiger partial charge in [-0.1, -0.05) is 36.9 Å². The standard InChI is InChI=1S/C24H32N6O2/c1-4-27-23(31)22(18-8-6-5-7-9-18)30-14-12-29(13-15-30)21-11-10-19(16-20(21)25)24(32-26)28-17(2)3/h5-11,16,22H,2,4,12-15,25-26H2,1,3H3,(H,27,31)/b28-24-. The number of anilines is 2. The summed E-state index contributed by atoms with van der Waals surface area (Å²) in [5.74, 6) is 5.66. The van der Waals surface area contributed by atoms with Gasteiger partial charge in [-0.2, -0.15) is 5.90 Å². The molecule has 1 unspecified atom stereocenters.